The molecule has 0 spiro atoms. The van der Waals surface area contributed by atoms with Crippen molar-refractivity contribution in [3.8, 4) is 0 Å². The molecule has 2 rings (SSSR count). The van der Waals surface area contributed by atoms with Gasteiger partial charge in [0.1, 0.15) is 0 Å². The molecule has 2 aromatic rings. The number of thiophene rings is 1. The molecule has 2 heterocycles. The van der Waals surface area contributed by atoms with E-state index in [1.807, 2.05) is 12.3 Å². The Morgan fingerprint density at radius 3 is 2.81 bits per heavy atom. The first-order valence-electron chi connectivity index (χ1n) is 6.67. The number of hydrogen-bond acceptors (Lipinski definition) is 3. The lowest BCUT2D eigenvalue weighted by Crippen LogP contribution is -2.38. The summed E-state index contributed by atoms with van der Waals surface area (Å²) in [4.78, 5) is 9.97. The van der Waals surface area contributed by atoms with Gasteiger partial charge in [0.25, 0.3) is 0 Å². The number of hydrogen-bond donors (Lipinski definition) is 2. The van der Waals surface area contributed by atoms with Gasteiger partial charge in [-0.1, -0.05) is 12.1 Å². The van der Waals surface area contributed by atoms with Crippen molar-refractivity contribution in [2.45, 2.75) is 19.9 Å². The number of nitrogens with zero attached hydrogens (tertiary/aromatic N) is 2. The Hall–Kier alpha value is -1.15. The van der Waals surface area contributed by atoms with Crippen LogP contribution in [0.4, 0.5) is 0 Å². The highest BCUT2D eigenvalue weighted by molar-refractivity contribution is 14.0. The van der Waals surface area contributed by atoms with Gasteiger partial charge in [0.05, 0.1) is 12.2 Å². The molecule has 4 nitrogen and oxygen atoms in total. The fourth-order valence-corrected chi connectivity index (χ4v) is 2.56. The van der Waals surface area contributed by atoms with Crippen molar-refractivity contribution in [3.63, 3.8) is 0 Å². The first kappa shape index (κ1) is 17.9. The predicted octanol–water partition coefficient (Wildman–Crippen LogP) is 2.98. The maximum absolute atomic E-state index is 4.36. The van der Waals surface area contributed by atoms with E-state index < -0.39 is 0 Å². The standard InChI is InChI=1S/C15H20N4S.HI/c1-12-5-3-8-17-14(12)11-19-15(16-2)18-9-7-13-6-4-10-20-13;/h3-6,8,10H,7,9,11H2,1-2H3,(H2,16,18,19);1H. The van der Waals surface area contributed by atoms with E-state index >= 15 is 0 Å². The van der Waals surface area contributed by atoms with Crippen molar-refractivity contribution in [1.29, 1.82) is 0 Å². The molecule has 114 valence electrons. The molecule has 0 atom stereocenters. The van der Waals surface area contributed by atoms with Gasteiger partial charge < -0.3 is 10.6 Å². The van der Waals surface area contributed by atoms with Gasteiger partial charge in [-0.3, -0.25) is 9.98 Å². The highest BCUT2D eigenvalue weighted by Crippen LogP contribution is 2.08. The summed E-state index contributed by atoms with van der Waals surface area (Å²) in [5.74, 6) is 0.812. The molecule has 21 heavy (non-hydrogen) atoms. The van der Waals surface area contributed by atoms with E-state index in [4.69, 9.17) is 0 Å². The summed E-state index contributed by atoms with van der Waals surface area (Å²) in [5, 5.41) is 8.71. The average molecular weight is 416 g/mol. The molecule has 0 saturated carbocycles. The second-order valence-corrected chi connectivity index (χ2v) is 5.48. The summed E-state index contributed by atoms with van der Waals surface area (Å²) in [7, 11) is 1.78. The minimum atomic E-state index is 0. The lowest BCUT2D eigenvalue weighted by atomic mass is 10.2. The number of aliphatic imine (C=N–C) groups is 1. The third kappa shape index (κ3) is 6.01. The summed E-state index contributed by atoms with van der Waals surface area (Å²) >= 11 is 1.78. The first-order valence-corrected chi connectivity index (χ1v) is 7.55. The van der Waals surface area contributed by atoms with E-state index in [9.17, 15) is 0 Å². The van der Waals surface area contributed by atoms with Crippen LogP contribution >= 0.6 is 35.3 Å². The van der Waals surface area contributed by atoms with Gasteiger partial charge in [-0.25, -0.2) is 0 Å². The largest absolute Gasteiger partial charge is 0.356 e. The summed E-state index contributed by atoms with van der Waals surface area (Å²) in [6.45, 7) is 3.63. The lowest BCUT2D eigenvalue weighted by Gasteiger charge is -2.12. The fraction of sp³-hybridized carbons (Fsp3) is 0.333. The van der Waals surface area contributed by atoms with Crippen LogP contribution in [0.15, 0.2) is 40.8 Å². The molecular formula is C15H21IN4S. The zero-order valence-electron chi connectivity index (χ0n) is 12.3. The van der Waals surface area contributed by atoms with Gasteiger partial charge in [-0.05, 0) is 36.4 Å². The second kappa shape index (κ2) is 9.73. The van der Waals surface area contributed by atoms with Crippen molar-refractivity contribution >= 4 is 41.3 Å². The van der Waals surface area contributed by atoms with Crippen LogP contribution < -0.4 is 10.6 Å². The molecule has 2 aromatic heterocycles. The Morgan fingerprint density at radius 2 is 2.14 bits per heavy atom. The third-order valence-electron chi connectivity index (χ3n) is 3.01. The molecule has 0 amide bonds. The van der Waals surface area contributed by atoms with Gasteiger partial charge in [-0.15, -0.1) is 35.3 Å². The Kier molecular flexibility index (Phi) is 8.29. The van der Waals surface area contributed by atoms with Crippen LogP contribution in [0.5, 0.6) is 0 Å². The monoisotopic (exact) mass is 416 g/mol. The lowest BCUT2D eigenvalue weighted by molar-refractivity contribution is 0.783. The van der Waals surface area contributed by atoms with E-state index in [2.05, 4.69) is 51.1 Å². The number of nitrogens with one attached hydrogen (secondary N) is 2. The van der Waals surface area contributed by atoms with Gasteiger partial charge in [0.15, 0.2) is 5.96 Å². The summed E-state index contributed by atoms with van der Waals surface area (Å²) in [5.41, 5.74) is 2.24. The quantitative estimate of drug-likeness (QED) is 0.448. The molecule has 0 aliphatic heterocycles. The minimum absolute atomic E-state index is 0. The molecule has 0 saturated heterocycles. The van der Waals surface area contributed by atoms with E-state index in [0.29, 0.717) is 6.54 Å². The molecule has 0 unspecified atom stereocenters. The summed E-state index contributed by atoms with van der Waals surface area (Å²) in [6, 6.07) is 8.25. The van der Waals surface area contributed by atoms with E-state index in [1.165, 1.54) is 10.4 Å². The van der Waals surface area contributed by atoms with Gasteiger partial charge >= 0.3 is 0 Å². The van der Waals surface area contributed by atoms with Crippen LogP contribution in [-0.2, 0) is 13.0 Å². The smallest absolute Gasteiger partial charge is 0.191 e. The topological polar surface area (TPSA) is 49.3 Å². The molecule has 6 heteroatoms. The number of halogens is 1. The Balaban J connectivity index is 0.00000220. The molecule has 0 aliphatic carbocycles. The van der Waals surface area contributed by atoms with Crippen molar-refractivity contribution in [3.05, 3.63) is 52.0 Å². The van der Waals surface area contributed by atoms with Crippen molar-refractivity contribution < 1.29 is 0 Å². The van der Waals surface area contributed by atoms with Crippen LogP contribution in [0.3, 0.4) is 0 Å². The van der Waals surface area contributed by atoms with Gasteiger partial charge in [0.2, 0.25) is 0 Å². The Bertz CT molecular complexity index is 555. The summed E-state index contributed by atoms with van der Waals surface area (Å²) < 4.78 is 0. The Labute approximate surface area is 147 Å². The maximum Gasteiger partial charge on any atom is 0.191 e. The van der Waals surface area contributed by atoms with Crippen molar-refractivity contribution in [2.75, 3.05) is 13.6 Å². The molecular weight excluding hydrogens is 395 g/mol. The van der Waals surface area contributed by atoms with E-state index in [0.717, 1.165) is 24.6 Å². The van der Waals surface area contributed by atoms with Crippen molar-refractivity contribution in [1.82, 2.24) is 15.6 Å². The second-order valence-electron chi connectivity index (χ2n) is 4.45. The van der Waals surface area contributed by atoms with Crippen LogP contribution in [0.1, 0.15) is 16.1 Å². The highest BCUT2D eigenvalue weighted by atomic mass is 127. The molecule has 0 aromatic carbocycles. The fourth-order valence-electron chi connectivity index (χ4n) is 1.85. The molecule has 0 radical (unpaired) electrons. The van der Waals surface area contributed by atoms with E-state index in [-0.39, 0.29) is 24.0 Å². The number of rotatable bonds is 5. The number of aryl methyl sites for hydroxylation is 1. The number of aromatic nitrogens is 1. The van der Waals surface area contributed by atoms with Crippen LogP contribution in [0, 0.1) is 6.92 Å². The predicted molar refractivity (Wildman–Crippen MR) is 101 cm³/mol. The molecule has 2 N–H and O–H groups in total. The van der Waals surface area contributed by atoms with Crippen LogP contribution in [-0.4, -0.2) is 24.5 Å². The first-order chi connectivity index (χ1) is 9.79. The summed E-state index contributed by atoms with van der Waals surface area (Å²) in [6.07, 6.45) is 2.83. The third-order valence-corrected chi connectivity index (χ3v) is 3.94. The Morgan fingerprint density at radius 1 is 1.29 bits per heavy atom. The highest BCUT2D eigenvalue weighted by Gasteiger charge is 2.01. The average Bonchev–Trinajstić information content (AvgIpc) is 2.97. The van der Waals surface area contributed by atoms with Crippen LogP contribution in [0.2, 0.25) is 0 Å². The minimum Gasteiger partial charge on any atom is -0.356 e. The number of guanidine groups is 1. The normalized spacial score (nSPS) is 10.9. The van der Waals surface area contributed by atoms with Gasteiger partial charge in [-0.2, -0.15) is 0 Å². The SMILES string of the molecule is CN=C(NCCc1cccs1)NCc1ncccc1C.I. The molecule has 0 aliphatic rings. The zero-order valence-corrected chi connectivity index (χ0v) is 15.4. The van der Waals surface area contributed by atoms with Crippen molar-refractivity contribution in [2.24, 2.45) is 4.99 Å². The zero-order chi connectivity index (χ0) is 14.2. The van der Waals surface area contributed by atoms with E-state index in [1.54, 1.807) is 18.4 Å². The molecule has 0 bridgehead atoms. The number of pyridine rings is 1. The van der Waals surface area contributed by atoms with Crippen LogP contribution in [0.25, 0.3) is 0 Å². The van der Waals surface area contributed by atoms with Gasteiger partial charge in [0, 0.05) is 24.7 Å². The maximum atomic E-state index is 4.36. The molecule has 0 fully saturated rings.